The lowest BCUT2D eigenvalue weighted by molar-refractivity contribution is 0.0691. The Bertz CT molecular complexity index is 619. The van der Waals surface area contributed by atoms with E-state index in [-0.39, 0.29) is 5.69 Å². The Morgan fingerprint density at radius 2 is 2.05 bits per heavy atom. The van der Waals surface area contributed by atoms with Crippen molar-refractivity contribution in [3.63, 3.8) is 0 Å². The summed E-state index contributed by atoms with van der Waals surface area (Å²) in [7, 11) is 3.08. The molecular weight excluding hydrogens is 248 g/mol. The number of aryl methyl sites for hydroxylation is 1. The molecule has 6 nitrogen and oxygen atoms in total. The number of carboxylic acid groups (broad SMARTS) is 1. The summed E-state index contributed by atoms with van der Waals surface area (Å²) in [5.74, 6) is 0.0854. The van der Waals surface area contributed by atoms with Gasteiger partial charge in [0.1, 0.15) is 11.5 Å². The van der Waals surface area contributed by atoms with Gasteiger partial charge in [-0.15, -0.1) is 0 Å². The van der Waals surface area contributed by atoms with Gasteiger partial charge < -0.3 is 14.6 Å². The van der Waals surface area contributed by atoms with Crippen LogP contribution in [0.5, 0.6) is 11.5 Å². The molecule has 19 heavy (non-hydrogen) atoms. The topological polar surface area (TPSA) is 84.4 Å². The van der Waals surface area contributed by atoms with Crippen molar-refractivity contribution in [1.29, 1.82) is 0 Å². The molecule has 2 rings (SSSR count). The van der Waals surface area contributed by atoms with Crippen LogP contribution >= 0.6 is 0 Å². The summed E-state index contributed by atoms with van der Waals surface area (Å²) in [6.07, 6.45) is 0. The van der Waals surface area contributed by atoms with E-state index in [1.807, 2.05) is 0 Å². The lowest BCUT2D eigenvalue weighted by Crippen LogP contribution is -2.00. The highest BCUT2D eigenvalue weighted by Gasteiger charge is 2.21. The first kappa shape index (κ1) is 12.9. The number of nitrogens with one attached hydrogen (secondary N) is 1. The van der Waals surface area contributed by atoms with E-state index >= 15 is 0 Å². The van der Waals surface area contributed by atoms with Crippen molar-refractivity contribution in [2.75, 3.05) is 14.2 Å². The molecule has 0 aliphatic carbocycles. The van der Waals surface area contributed by atoms with Gasteiger partial charge in [-0.25, -0.2) is 4.79 Å². The molecule has 1 heterocycles. The van der Waals surface area contributed by atoms with E-state index < -0.39 is 5.97 Å². The maximum Gasteiger partial charge on any atom is 0.357 e. The Balaban J connectivity index is 2.65. The van der Waals surface area contributed by atoms with E-state index in [1.165, 1.54) is 7.11 Å². The average Bonchev–Trinajstić information content (AvgIpc) is 2.80. The van der Waals surface area contributed by atoms with Crippen molar-refractivity contribution in [1.82, 2.24) is 10.2 Å². The Labute approximate surface area is 110 Å². The highest BCUT2D eigenvalue weighted by molar-refractivity contribution is 5.95. The number of hydrogen-bond donors (Lipinski definition) is 2. The van der Waals surface area contributed by atoms with E-state index in [9.17, 15) is 4.79 Å². The van der Waals surface area contributed by atoms with Crippen LogP contribution in [-0.4, -0.2) is 35.5 Å². The van der Waals surface area contributed by atoms with Gasteiger partial charge in [-0.1, -0.05) is 0 Å². The zero-order valence-corrected chi connectivity index (χ0v) is 10.9. The summed E-state index contributed by atoms with van der Waals surface area (Å²) in [5, 5.41) is 15.6. The molecule has 1 aromatic heterocycles. The molecule has 0 spiro atoms. The molecule has 6 heteroatoms. The number of H-pyrrole nitrogens is 1. The van der Waals surface area contributed by atoms with Crippen LogP contribution in [0, 0.1) is 6.92 Å². The zero-order valence-electron chi connectivity index (χ0n) is 10.9. The fourth-order valence-corrected chi connectivity index (χ4v) is 1.92. The third-order valence-electron chi connectivity index (χ3n) is 2.83. The molecular formula is C13H14N2O4. The summed E-state index contributed by atoms with van der Waals surface area (Å²) in [4.78, 5) is 11.2. The van der Waals surface area contributed by atoms with Crippen LogP contribution in [0.1, 0.15) is 16.2 Å². The van der Waals surface area contributed by atoms with Gasteiger partial charge in [0.2, 0.25) is 0 Å². The maximum atomic E-state index is 11.2. The number of ether oxygens (including phenoxy) is 2. The Morgan fingerprint density at radius 3 is 2.63 bits per heavy atom. The molecule has 0 amide bonds. The molecule has 2 N–H and O–H groups in total. The number of aromatic amines is 1. The number of carbonyl (C=O) groups is 1. The summed E-state index contributed by atoms with van der Waals surface area (Å²) < 4.78 is 10.4. The number of hydrogen-bond acceptors (Lipinski definition) is 4. The largest absolute Gasteiger partial charge is 0.497 e. The van der Waals surface area contributed by atoms with Gasteiger partial charge in [-0.3, -0.25) is 5.10 Å². The van der Waals surface area contributed by atoms with Gasteiger partial charge in [-0.2, -0.15) is 5.10 Å². The summed E-state index contributed by atoms with van der Waals surface area (Å²) in [6, 6.07) is 5.20. The number of nitrogens with zero attached hydrogens (tertiary/aromatic N) is 1. The van der Waals surface area contributed by atoms with Crippen molar-refractivity contribution in [3.05, 3.63) is 29.6 Å². The fourth-order valence-electron chi connectivity index (χ4n) is 1.92. The van der Waals surface area contributed by atoms with Gasteiger partial charge in [0.05, 0.1) is 14.2 Å². The summed E-state index contributed by atoms with van der Waals surface area (Å²) in [6.45, 7) is 1.76. The number of methoxy groups -OCH3 is 2. The van der Waals surface area contributed by atoms with Gasteiger partial charge in [-0.05, 0) is 19.1 Å². The summed E-state index contributed by atoms with van der Waals surface area (Å²) in [5.41, 5.74) is 1.82. The normalized spacial score (nSPS) is 10.3. The lowest BCUT2D eigenvalue weighted by Gasteiger charge is -2.10. The molecule has 0 radical (unpaired) electrons. The first-order valence-electron chi connectivity index (χ1n) is 5.59. The number of carboxylic acids is 1. The zero-order chi connectivity index (χ0) is 14.0. The van der Waals surface area contributed by atoms with Gasteiger partial charge in [0.15, 0.2) is 5.69 Å². The van der Waals surface area contributed by atoms with Crippen molar-refractivity contribution in [2.24, 2.45) is 0 Å². The van der Waals surface area contributed by atoms with Crippen LogP contribution in [-0.2, 0) is 0 Å². The van der Waals surface area contributed by atoms with Crippen LogP contribution in [0.2, 0.25) is 0 Å². The Morgan fingerprint density at radius 1 is 1.32 bits per heavy atom. The monoisotopic (exact) mass is 262 g/mol. The van der Waals surface area contributed by atoms with Crippen molar-refractivity contribution in [2.45, 2.75) is 6.92 Å². The highest BCUT2D eigenvalue weighted by Crippen LogP contribution is 2.36. The van der Waals surface area contributed by atoms with Gasteiger partial charge in [0.25, 0.3) is 0 Å². The fraction of sp³-hybridized carbons (Fsp3) is 0.231. The smallest absolute Gasteiger partial charge is 0.357 e. The van der Waals surface area contributed by atoms with Crippen LogP contribution in [0.25, 0.3) is 11.1 Å². The minimum Gasteiger partial charge on any atom is -0.497 e. The van der Waals surface area contributed by atoms with Crippen LogP contribution < -0.4 is 9.47 Å². The lowest BCUT2D eigenvalue weighted by atomic mass is 10.0. The van der Waals surface area contributed by atoms with Crippen LogP contribution in [0.15, 0.2) is 18.2 Å². The van der Waals surface area contributed by atoms with E-state index in [0.717, 1.165) is 0 Å². The number of aromatic nitrogens is 2. The first-order chi connectivity index (χ1) is 9.08. The first-order valence-corrected chi connectivity index (χ1v) is 5.59. The number of rotatable bonds is 4. The molecule has 1 aromatic carbocycles. The van der Waals surface area contributed by atoms with E-state index in [4.69, 9.17) is 14.6 Å². The van der Waals surface area contributed by atoms with Crippen LogP contribution in [0.4, 0.5) is 0 Å². The van der Waals surface area contributed by atoms with Crippen molar-refractivity contribution in [3.8, 4) is 22.6 Å². The molecule has 100 valence electrons. The van der Waals surface area contributed by atoms with E-state index in [0.29, 0.717) is 28.3 Å². The van der Waals surface area contributed by atoms with E-state index in [1.54, 1.807) is 32.2 Å². The van der Waals surface area contributed by atoms with Crippen molar-refractivity contribution < 1.29 is 19.4 Å². The molecule has 2 aromatic rings. The van der Waals surface area contributed by atoms with Crippen molar-refractivity contribution >= 4 is 5.97 Å². The second-order valence-corrected chi connectivity index (χ2v) is 3.94. The number of aromatic carboxylic acids is 1. The minimum atomic E-state index is -1.09. The third kappa shape index (κ3) is 2.24. The quantitative estimate of drug-likeness (QED) is 0.881. The molecule has 0 saturated carbocycles. The second-order valence-electron chi connectivity index (χ2n) is 3.94. The maximum absolute atomic E-state index is 11.2. The number of benzene rings is 1. The molecule has 0 aliphatic heterocycles. The predicted octanol–water partition coefficient (Wildman–Crippen LogP) is 2.10. The van der Waals surface area contributed by atoms with E-state index in [2.05, 4.69) is 10.2 Å². The van der Waals surface area contributed by atoms with Crippen LogP contribution in [0.3, 0.4) is 0 Å². The molecule has 0 saturated heterocycles. The molecule has 0 bridgehead atoms. The Kier molecular flexibility index (Phi) is 3.41. The molecule has 0 aliphatic rings. The molecule has 0 atom stereocenters. The SMILES string of the molecule is COc1ccc(-c2c(C(=O)O)n[nH]c2C)c(OC)c1. The third-order valence-corrected chi connectivity index (χ3v) is 2.83. The second kappa shape index (κ2) is 5.01. The highest BCUT2D eigenvalue weighted by atomic mass is 16.5. The average molecular weight is 262 g/mol. The molecule has 0 fully saturated rings. The summed E-state index contributed by atoms with van der Waals surface area (Å²) >= 11 is 0. The predicted molar refractivity (Wildman–Crippen MR) is 68.8 cm³/mol. The minimum absolute atomic E-state index is 0.0269. The Hall–Kier alpha value is -2.50. The van der Waals surface area contributed by atoms with Gasteiger partial charge >= 0.3 is 5.97 Å². The standard InChI is InChI=1S/C13H14N2O4/c1-7-11(12(13(16)17)15-14-7)9-5-4-8(18-2)6-10(9)19-3/h4-6H,1-3H3,(H,14,15)(H,16,17). The molecule has 0 unspecified atom stereocenters. The van der Waals surface area contributed by atoms with Gasteiger partial charge in [0, 0.05) is 22.9 Å².